The highest BCUT2D eigenvalue weighted by molar-refractivity contribution is 5.51. The van der Waals surface area contributed by atoms with Crippen molar-refractivity contribution in [3.05, 3.63) is 28.3 Å². The van der Waals surface area contributed by atoms with E-state index in [2.05, 4.69) is 32.2 Å². The van der Waals surface area contributed by atoms with Gasteiger partial charge in [0.05, 0.1) is 7.11 Å². The summed E-state index contributed by atoms with van der Waals surface area (Å²) in [5.74, 6) is 1.66. The smallest absolute Gasteiger partial charge is 0.127 e. The van der Waals surface area contributed by atoms with Gasteiger partial charge >= 0.3 is 0 Å². The predicted octanol–water partition coefficient (Wildman–Crippen LogP) is 2.62. The second-order valence-corrected chi connectivity index (χ2v) is 5.84. The summed E-state index contributed by atoms with van der Waals surface area (Å²) >= 11 is 0. The Balaban J connectivity index is 2.44. The first-order valence-electron chi connectivity index (χ1n) is 7.07. The van der Waals surface area contributed by atoms with Gasteiger partial charge in [0, 0.05) is 17.6 Å². The van der Waals surface area contributed by atoms with E-state index in [1.54, 1.807) is 7.11 Å². The summed E-state index contributed by atoms with van der Waals surface area (Å²) in [4.78, 5) is 0. The van der Waals surface area contributed by atoms with E-state index in [0.717, 1.165) is 18.6 Å². The average Bonchev–Trinajstić information content (AvgIpc) is 2.34. The highest BCUT2D eigenvalue weighted by Crippen LogP contribution is 2.43. The minimum absolute atomic E-state index is 0.342. The quantitative estimate of drug-likeness (QED) is 0.877. The van der Waals surface area contributed by atoms with Crippen LogP contribution in [0.5, 0.6) is 5.75 Å². The molecule has 0 amide bonds. The van der Waals surface area contributed by atoms with Crippen LogP contribution < -0.4 is 15.8 Å². The molecule has 3 heteroatoms. The number of benzene rings is 1. The number of methoxy groups -OCH3 is 1. The van der Waals surface area contributed by atoms with Gasteiger partial charge in [-0.3, -0.25) is 0 Å². The van der Waals surface area contributed by atoms with Gasteiger partial charge < -0.3 is 15.8 Å². The lowest BCUT2D eigenvalue weighted by atomic mass is 9.72. The molecule has 1 saturated carbocycles. The summed E-state index contributed by atoms with van der Waals surface area (Å²) in [6.45, 7) is 6.45. The predicted molar refractivity (Wildman–Crippen MR) is 79.7 cm³/mol. The lowest BCUT2D eigenvalue weighted by Gasteiger charge is -2.40. The third-order valence-corrected chi connectivity index (χ3v) is 4.54. The van der Waals surface area contributed by atoms with Crippen LogP contribution in [-0.4, -0.2) is 20.2 Å². The number of nitrogens with two attached hydrogens (primary N) is 1. The topological polar surface area (TPSA) is 47.3 Å². The fraction of sp³-hybridized carbons (Fsp3) is 0.625. The Morgan fingerprint density at radius 2 is 1.89 bits per heavy atom. The maximum Gasteiger partial charge on any atom is 0.127 e. The van der Waals surface area contributed by atoms with Gasteiger partial charge in [-0.05, 0) is 63.3 Å². The fourth-order valence-corrected chi connectivity index (χ4v) is 3.32. The monoisotopic (exact) mass is 262 g/mol. The highest BCUT2D eigenvalue weighted by Gasteiger charge is 2.35. The molecule has 0 aromatic heterocycles. The molecule has 3 N–H and O–H groups in total. The SMILES string of the molecule is CNC(c1c(C)cc(C)c(C)c1OC)C1CC(N)C1. The van der Waals surface area contributed by atoms with Crippen LogP contribution in [0, 0.1) is 26.7 Å². The number of nitrogens with one attached hydrogen (secondary N) is 1. The van der Waals surface area contributed by atoms with E-state index >= 15 is 0 Å². The third kappa shape index (κ3) is 2.49. The zero-order valence-corrected chi connectivity index (χ0v) is 12.7. The van der Waals surface area contributed by atoms with Crippen LogP contribution in [0.25, 0.3) is 0 Å². The van der Waals surface area contributed by atoms with E-state index in [-0.39, 0.29) is 0 Å². The Bertz CT molecular complexity index is 464. The van der Waals surface area contributed by atoms with Crippen LogP contribution in [0.15, 0.2) is 6.07 Å². The standard InChI is InChI=1S/C16H26N2O/c1-9-6-10(2)14(16(19-5)11(9)3)15(18-4)12-7-13(17)8-12/h6,12-13,15,18H,7-8,17H2,1-5H3. The Labute approximate surface area is 116 Å². The van der Waals surface area contributed by atoms with Crippen molar-refractivity contribution < 1.29 is 4.74 Å². The summed E-state index contributed by atoms with van der Waals surface area (Å²) < 4.78 is 5.69. The molecule has 0 spiro atoms. The van der Waals surface area contributed by atoms with Crippen molar-refractivity contribution in [2.75, 3.05) is 14.2 Å². The van der Waals surface area contributed by atoms with Crippen LogP contribution in [0.3, 0.4) is 0 Å². The molecule has 106 valence electrons. The van der Waals surface area contributed by atoms with Gasteiger partial charge in [0.1, 0.15) is 5.75 Å². The Hall–Kier alpha value is -1.06. The number of rotatable bonds is 4. The zero-order valence-electron chi connectivity index (χ0n) is 12.7. The third-order valence-electron chi connectivity index (χ3n) is 4.54. The van der Waals surface area contributed by atoms with Crippen LogP contribution in [0.1, 0.15) is 41.1 Å². The maximum absolute atomic E-state index is 5.94. The van der Waals surface area contributed by atoms with Crippen molar-refractivity contribution in [1.82, 2.24) is 5.32 Å². The second-order valence-electron chi connectivity index (χ2n) is 5.84. The number of aryl methyl sites for hydroxylation is 2. The van der Waals surface area contributed by atoms with Gasteiger partial charge in [-0.2, -0.15) is 0 Å². The van der Waals surface area contributed by atoms with Gasteiger partial charge in [-0.15, -0.1) is 0 Å². The van der Waals surface area contributed by atoms with Gasteiger partial charge in [0.25, 0.3) is 0 Å². The van der Waals surface area contributed by atoms with Crippen LogP contribution >= 0.6 is 0 Å². The minimum atomic E-state index is 0.342. The summed E-state index contributed by atoms with van der Waals surface area (Å²) in [5, 5.41) is 3.47. The average molecular weight is 262 g/mol. The van der Waals surface area contributed by atoms with E-state index < -0.39 is 0 Å². The molecule has 1 fully saturated rings. The summed E-state index contributed by atoms with van der Waals surface area (Å²) in [5.41, 5.74) is 11.1. The Morgan fingerprint density at radius 1 is 1.26 bits per heavy atom. The number of hydrogen-bond donors (Lipinski definition) is 2. The normalized spacial score (nSPS) is 23.9. The largest absolute Gasteiger partial charge is 0.496 e. The molecule has 1 atom stereocenters. The van der Waals surface area contributed by atoms with Crippen molar-refractivity contribution in [1.29, 1.82) is 0 Å². The molecule has 0 bridgehead atoms. The molecule has 19 heavy (non-hydrogen) atoms. The van der Waals surface area contributed by atoms with Crippen LogP contribution in [0.2, 0.25) is 0 Å². The second kappa shape index (κ2) is 5.51. The summed E-state index contributed by atoms with van der Waals surface area (Å²) in [6.07, 6.45) is 2.20. The van der Waals surface area contributed by atoms with Crippen molar-refractivity contribution in [3.8, 4) is 5.75 Å². The first-order chi connectivity index (χ1) is 8.99. The first-order valence-corrected chi connectivity index (χ1v) is 7.07. The van der Waals surface area contributed by atoms with E-state index in [0.29, 0.717) is 18.0 Å². The molecule has 1 aromatic carbocycles. The molecular weight excluding hydrogens is 236 g/mol. The molecule has 3 nitrogen and oxygen atoms in total. The molecule has 0 aliphatic heterocycles. The summed E-state index contributed by atoms with van der Waals surface area (Å²) in [7, 11) is 3.80. The number of hydrogen-bond acceptors (Lipinski definition) is 3. The van der Waals surface area contributed by atoms with Gasteiger partial charge in [-0.25, -0.2) is 0 Å². The van der Waals surface area contributed by atoms with E-state index in [1.165, 1.54) is 22.3 Å². The molecule has 1 unspecified atom stereocenters. The highest BCUT2D eigenvalue weighted by atomic mass is 16.5. The molecular formula is C16H26N2O. The summed E-state index contributed by atoms with van der Waals surface area (Å²) in [6, 6.07) is 2.98. The first kappa shape index (κ1) is 14.4. The minimum Gasteiger partial charge on any atom is -0.496 e. The van der Waals surface area contributed by atoms with Crippen molar-refractivity contribution in [3.63, 3.8) is 0 Å². The Morgan fingerprint density at radius 3 is 2.37 bits per heavy atom. The maximum atomic E-state index is 5.94. The molecule has 0 heterocycles. The van der Waals surface area contributed by atoms with Gasteiger partial charge in [0.2, 0.25) is 0 Å². The molecule has 0 radical (unpaired) electrons. The molecule has 2 rings (SSSR count). The van der Waals surface area contributed by atoms with Gasteiger partial charge in [-0.1, -0.05) is 6.07 Å². The zero-order chi connectivity index (χ0) is 14.2. The molecule has 0 saturated heterocycles. The van der Waals surface area contributed by atoms with Crippen LogP contribution in [-0.2, 0) is 0 Å². The molecule has 1 aliphatic carbocycles. The van der Waals surface area contributed by atoms with Crippen molar-refractivity contribution >= 4 is 0 Å². The van der Waals surface area contributed by atoms with Crippen molar-refractivity contribution in [2.24, 2.45) is 11.7 Å². The molecule has 1 aromatic rings. The lowest BCUT2D eigenvalue weighted by Crippen LogP contribution is -2.43. The van der Waals surface area contributed by atoms with E-state index in [1.807, 2.05) is 7.05 Å². The van der Waals surface area contributed by atoms with E-state index in [4.69, 9.17) is 10.5 Å². The fourth-order valence-electron chi connectivity index (χ4n) is 3.32. The van der Waals surface area contributed by atoms with E-state index in [9.17, 15) is 0 Å². The lowest BCUT2D eigenvalue weighted by molar-refractivity contribution is 0.200. The molecule has 1 aliphatic rings. The Kier molecular flexibility index (Phi) is 4.16. The number of ether oxygens (including phenoxy) is 1. The van der Waals surface area contributed by atoms with Crippen molar-refractivity contribution in [2.45, 2.75) is 45.7 Å². The van der Waals surface area contributed by atoms with Crippen LogP contribution in [0.4, 0.5) is 0 Å². The van der Waals surface area contributed by atoms with Gasteiger partial charge in [0.15, 0.2) is 0 Å².